The molecule has 0 N–H and O–H groups in total. The van der Waals surface area contributed by atoms with Crippen LogP contribution in [0.2, 0.25) is 0 Å². The van der Waals surface area contributed by atoms with E-state index in [2.05, 4.69) is 204 Å². The third kappa shape index (κ3) is 5.57. The Morgan fingerprint density at radius 3 is 1.79 bits per heavy atom. The fourth-order valence-corrected chi connectivity index (χ4v) is 12.1. The molecule has 2 aliphatic heterocycles. The van der Waals surface area contributed by atoms with Crippen molar-refractivity contribution >= 4 is 67.1 Å². The van der Waals surface area contributed by atoms with E-state index in [0.29, 0.717) is 0 Å². The Labute approximate surface area is 370 Å². The lowest BCUT2D eigenvalue weighted by molar-refractivity contribution is 0.708. The van der Waals surface area contributed by atoms with E-state index in [0.717, 1.165) is 38.8 Å². The molecule has 2 nitrogen and oxygen atoms in total. The zero-order chi connectivity index (χ0) is 41.5. The van der Waals surface area contributed by atoms with E-state index in [1.165, 1.54) is 124 Å². The summed E-state index contributed by atoms with van der Waals surface area (Å²) in [5.74, 6) is 0. The molecule has 9 aromatic rings. The third-order valence-corrected chi connectivity index (χ3v) is 14.8. The third-order valence-electron chi connectivity index (χ3n) is 14.8. The highest BCUT2D eigenvalue weighted by Gasteiger charge is 2.48. The summed E-state index contributed by atoms with van der Waals surface area (Å²) < 4.78 is 0. The summed E-state index contributed by atoms with van der Waals surface area (Å²) >= 11 is 0. The van der Waals surface area contributed by atoms with Crippen LogP contribution in [0.4, 0.5) is 17.1 Å². The minimum atomic E-state index is -0.447. The van der Waals surface area contributed by atoms with Gasteiger partial charge in [0.15, 0.2) is 0 Å². The molecule has 13 rings (SSSR count). The molecule has 0 spiro atoms. The van der Waals surface area contributed by atoms with Crippen LogP contribution in [-0.2, 0) is 18.3 Å². The van der Waals surface area contributed by atoms with Gasteiger partial charge in [-0.2, -0.15) is 0 Å². The number of fused-ring (bicyclic) bond motifs is 4. The predicted molar refractivity (Wildman–Crippen MR) is 266 cm³/mol. The molecule has 0 atom stereocenters. The summed E-state index contributed by atoms with van der Waals surface area (Å²) in [6.45, 7) is 2.10. The monoisotopic (exact) mass is 808 g/mol. The summed E-state index contributed by atoms with van der Waals surface area (Å²) in [5.41, 5.74) is 18.7. The van der Waals surface area contributed by atoms with Crippen LogP contribution in [0.3, 0.4) is 0 Å². The highest BCUT2D eigenvalue weighted by Crippen LogP contribution is 2.58. The minimum absolute atomic E-state index is 0.447. The van der Waals surface area contributed by atoms with Crippen LogP contribution in [-0.4, -0.2) is 13.1 Å². The zero-order valence-electron chi connectivity index (χ0n) is 35.5. The van der Waals surface area contributed by atoms with Gasteiger partial charge in [-0.25, -0.2) is 0 Å². The SMILES string of the molecule is C(=Cc1ccc2ccc3c(N4CCCc5ccccc54)ccc4ccc1c2c43)c1ccc2c(c1)C(c1ccccc1)(c1ccccc1)C1=C2CCC(N2CCCc3ccccc32)=C1. The summed E-state index contributed by atoms with van der Waals surface area (Å²) in [4.78, 5) is 5.19. The molecule has 0 saturated carbocycles. The molecule has 0 unspecified atom stereocenters. The van der Waals surface area contributed by atoms with Gasteiger partial charge < -0.3 is 9.80 Å². The van der Waals surface area contributed by atoms with Crippen LogP contribution in [0.25, 0.3) is 50.0 Å². The van der Waals surface area contributed by atoms with Crippen LogP contribution in [0.15, 0.2) is 193 Å². The van der Waals surface area contributed by atoms with Gasteiger partial charge in [0, 0.05) is 41.2 Å². The van der Waals surface area contributed by atoms with Gasteiger partial charge in [-0.1, -0.05) is 164 Å². The van der Waals surface area contributed by atoms with Gasteiger partial charge in [0.1, 0.15) is 0 Å². The summed E-state index contributed by atoms with van der Waals surface area (Å²) in [6.07, 6.45) is 14.0. The first-order valence-corrected chi connectivity index (χ1v) is 23.0. The molecule has 302 valence electrons. The Kier molecular flexibility index (Phi) is 8.38. The van der Waals surface area contributed by atoms with E-state index in [4.69, 9.17) is 0 Å². The van der Waals surface area contributed by atoms with E-state index >= 15 is 0 Å². The first-order chi connectivity index (χ1) is 31.2. The van der Waals surface area contributed by atoms with Crippen molar-refractivity contribution in [2.45, 2.75) is 43.9 Å². The van der Waals surface area contributed by atoms with Gasteiger partial charge in [-0.05, 0) is 151 Å². The van der Waals surface area contributed by atoms with Gasteiger partial charge in [0.2, 0.25) is 0 Å². The number of hydrogen-bond acceptors (Lipinski definition) is 2. The van der Waals surface area contributed by atoms with Crippen LogP contribution < -0.4 is 9.80 Å². The standard InChI is InChI=1S/C61H48N2/c1-3-17-47(18-4-1)61(48-19-5-2-6-20-48)54-39-41(24-32-51(54)52-35-31-49(40-55(52)61)62-37-11-15-43-13-7-9-21-56(43)62)23-25-42-26-27-45-29-34-53-58(36-30-46-28-33-50(42)59(45)60(46)53)63-38-12-16-44-14-8-10-22-57(44)63/h1-10,13-14,17-30,32-34,36,39-40H,11-12,15-16,31,35,37-38H2. The fourth-order valence-electron chi connectivity index (χ4n) is 12.1. The van der Waals surface area contributed by atoms with E-state index in [1.54, 1.807) is 0 Å². The van der Waals surface area contributed by atoms with Crippen molar-refractivity contribution in [3.8, 4) is 0 Å². The lowest BCUT2D eigenvalue weighted by Gasteiger charge is -2.38. The maximum Gasteiger partial charge on any atom is 0.0711 e. The molecule has 2 heteroatoms. The second-order valence-corrected chi connectivity index (χ2v) is 18.1. The van der Waals surface area contributed by atoms with Crippen LogP contribution in [0, 0.1) is 0 Å². The Bertz CT molecular complexity index is 3310. The quantitative estimate of drug-likeness (QED) is 0.122. The molecule has 0 amide bonds. The highest BCUT2D eigenvalue weighted by atomic mass is 15.2. The molecule has 0 saturated heterocycles. The lowest BCUT2D eigenvalue weighted by atomic mass is 9.66. The normalized spacial score (nSPS) is 16.7. The molecule has 0 radical (unpaired) electrons. The summed E-state index contributed by atoms with van der Waals surface area (Å²) in [6, 6.07) is 66.6. The van der Waals surface area contributed by atoms with Crippen molar-refractivity contribution in [3.05, 3.63) is 238 Å². The van der Waals surface area contributed by atoms with Gasteiger partial charge in [-0.3, -0.25) is 0 Å². The number of nitrogens with zero attached hydrogens (tertiary/aromatic N) is 2. The van der Waals surface area contributed by atoms with Crippen LogP contribution in [0.1, 0.15) is 70.2 Å². The first-order valence-electron chi connectivity index (χ1n) is 23.0. The van der Waals surface area contributed by atoms with E-state index < -0.39 is 5.41 Å². The van der Waals surface area contributed by atoms with Gasteiger partial charge >= 0.3 is 0 Å². The highest BCUT2D eigenvalue weighted by molar-refractivity contribution is 6.26. The van der Waals surface area contributed by atoms with E-state index in [1.807, 2.05) is 0 Å². The van der Waals surface area contributed by atoms with Crippen LogP contribution in [0.5, 0.6) is 0 Å². The van der Waals surface area contributed by atoms with Crippen molar-refractivity contribution in [2.75, 3.05) is 22.9 Å². The number of anilines is 3. The maximum atomic E-state index is 2.63. The number of rotatable bonds is 6. The van der Waals surface area contributed by atoms with Gasteiger partial charge in [-0.15, -0.1) is 0 Å². The average molecular weight is 809 g/mol. The van der Waals surface area contributed by atoms with E-state index in [-0.39, 0.29) is 0 Å². The molecule has 0 aromatic heterocycles. The maximum absolute atomic E-state index is 2.63. The Morgan fingerprint density at radius 2 is 1.06 bits per heavy atom. The number of para-hydroxylation sites is 2. The molecule has 9 aromatic carbocycles. The second kappa shape index (κ2) is 14.5. The smallest absolute Gasteiger partial charge is 0.0711 e. The molecular formula is C61H48N2. The van der Waals surface area contributed by atoms with Gasteiger partial charge in [0.05, 0.1) is 5.41 Å². The largest absolute Gasteiger partial charge is 0.345 e. The van der Waals surface area contributed by atoms with E-state index in [9.17, 15) is 0 Å². The lowest BCUT2D eigenvalue weighted by Crippen LogP contribution is -2.33. The van der Waals surface area contributed by atoms with Crippen molar-refractivity contribution in [1.29, 1.82) is 0 Å². The number of aryl methyl sites for hydroxylation is 2. The molecule has 0 bridgehead atoms. The number of allylic oxidation sites excluding steroid dienone is 4. The average Bonchev–Trinajstić information content (AvgIpc) is 3.65. The Balaban J connectivity index is 0.943. The Morgan fingerprint density at radius 1 is 0.460 bits per heavy atom. The minimum Gasteiger partial charge on any atom is -0.345 e. The molecule has 63 heavy (non-hydrogen) atoms. The molecule has 0 fully saturated rings. The second-order valence-electron chi connectivity index (χ2n) is 18.1. The summed E-state index contributed by atoms with van der Waals surface area (Å²) in [7, 11) is 0. The molecular weight excluding hydrogens is 761 g/mol. The van der Waals surface area contributed by atoms with Crippen molar-refractivity contribution in [3.63, 3.8) is 0 Å². The van der Waals surface area contributed by atoms with Crippen molar-refractivity contribution in [1.82, 2.24) is 0 Å². The fraction of sp³-hybridized carbons (Fsp3) is 0.148. The zero-order valence-corrected chi connectivity index (χ0v) is 35.5. The number of hydrogen-bond donors (Lipinski definition) is 0. The summed E-state index contributed by atoms with van der Waals surface area (Å²) in [5, 5.41) is 7.95. The molecule has 2 aliphatic carbocycles. The Hall–Kier alpha value is -7.16. The van der Waals surface area contributed by atoms with Crippen molar-refractivity contribution < 1.29 is 0 Å². The topological polar surface area (TPSA) is 6.48 Å². The van der Waals surface area contributed by atoms with Gasteiger partial charge in [0.25, 0.3) is 0 Å². The number of benzene rings is 9. The van der Waals surface area contributed by atoms with Crippen LogP contribution >= 0.6 is 0 Å². The van der Waals surface area contributed by atoms with Crippen molar-refractivity contribution in [2.24, 2.45) is 0 Å². The molecule has 2 heterocycles. The molecule has 4 aliphatic rings. The first kappa shape index (κ1) is 36.5. The predicted octanol–water partition coefficient (Wildman–Crippen LogP) is 15.1.